The SMILES string of the molecule is O=C(NCCCn1ccnc1)C1=NOC2(CCCN(c3cnccn3)C2)C1.O=C(O)C(F)(F)F. The minimum atomic E-state index is -5.08. The number of piperidine rings is 1. The number of rotatable bonds is 6. The molecule has 0 radical (unpaired) electrons. The van der Waals surface area contributed by atoms with Crippen LogP contribution in [0.1, 0.15) is 25.7 Å². The van der Waals surface area contributed by atoms with Gasteiger partial charge in [0.05, 0.1) is 19.1 Å². The number of carboxylic acid groups (broad SMARTS) is 1. The third-order valence-electron chi connectivity index (χ3n) is 5.19. The molecule has 2 N–H and O–H groups in total. The van der Waals surface area contributed by atoms with Gasteiger partial charge in [-0.3, -0.25) is 9.78 Å². The molecule has 1 fully saturated rings. The summed E-state index contributed by atoms with van der Waals surface area (Å²) in [5, 5.41) is 14.2. The van der Waals surface area contributed by atoms with Gasteiger partial charge in [-0.25, -0.2) is 14.8 Å². The number of aliphatic carboxylic acids is 1. The van der Waals surface area contributed by atoms with E-state index < -0.39 is 17.7 Å². The van der Waals surface area contributed by atoms with Gasteiger partial charge in [-0.15, -0.1) is 0 Å². The van der Waals surface area contributed by atoms with Crippen LogP contribution in [0.3, 0.4) is 0 Å². The highest BCUT2D eigenvalue weighted by atomic mass is 19.4. The molecule has 2 aromatic rings. The van der Waals surface area contributed by atoms with Crippen LogP contribution in [0.15, 0.2) is 42.5 Å². The largest absolute Gasteiger partial charge is 0.490 e. The molecule has 2 aromatic heterocycles. The van der Waals surface area contributed by atoms with E-state index in [4.69, 9.17) is 14.7 Å². The molecule has 184 valence electrons. The highest BCUT2D eigenvalue weighted by Gasteiger charge is 2.45. The third kappa shape index (κ3) is 6.89. The number of hydrogen-bond donors (Lipinski definition) is 2. The van der Waals surface area contributed by atoms with Gasteiger partial charge in [0.15, 0.2) is 5.60 Å². The van der Waals surface area contributed by atoms with Gasteiger partial charge in [-0.1, -0.05) is 5.16 Å². The zero-order chi connectivity index (χ0) is 24.6. The number of halogens is 3. The molecule has 11 nitrogen and oxygen atoms in total. The number of imidazole rings is 1. The lowest BCUT2D eigenvalue weighted by Gasteiger charge is -2.38. The zero-order valence-electron chi connectivity index (χ0n) is 18.1. The minimum Gasteiger partial charge on any atom is -0.475 e. The number of hydrogen-bond acceptors (Lipinski definition) is 8. The first-order valence-corrected chi connectivity index (χ1v) is 10.5. The van der Waals surface area contributed by atoms with Crippen molar-refractivity contribution in [2.75, 3.05) is 24.5 Å². The molecule has 0 saturated carbocycles. The molecule has 0 aliphatic carbocycles. The van der Waals surface area contributed by atoms with Crippen LogP contribution in [-0.4, -0.2) is 73.6 Å². The van der Waals surface area contributed by atoms with E-state index in [0.717, 1.165) is 38.2 Å². The van der Waals surface area contributed by atoms with Crippen molar-refractivity contribution >= 4 is 23.4 Å². The quantitative estimate of drug-likeness (QED) is 0.592. The van der Waals surface area contributed by atoms with Gasteiger partial charge in [0, 0.05) is 50.8 Å². The summed E-state index contributed by atoms with van der Waals surface area (Å²) in [5.74, 6) is -2.07. The molecule has 4 heterocycles. The molecule has 0 aromatic carbocycles. The lowest BCUT2D eigenvalue weighted by molar-refractivity contribution is -0.192. The summed E-state index contributed by atoms with van der Waals surface area (Å²) in [6, 6.07) is 0. The van der Waals surface area contributed by atoms with E-state index in [1.54, 1.807) is 31.1 Å². The second-order valence-corrected chi connectivity index (χ2v) is 7.79. The van der Waals surface area contributed by atoms with Crippen LogP contribution in [0.2, 0.25) is 0 Å². The van der Waals surface area contributed by atoms with Crippen LogP contribution >= 0.6 is 0 Å². The van der Waals surface area contributed by atoms with Crippen molar-refractivity contribution in [2.45, 2.75) is 44.0 Å². The highest BCUT2D eigenvalue weighted by Crippen LogP contribution is 2.34. The van der Waals surface area contributed by atoms with E-state index in [1.807, 2.05) is 10.8 Å². The number of aromatic nitrogens is 4. The second kappa shape index (κ2) is 10.9. The van der Waals surface area contributed by atoms with E-state index in [0.29, 0.717) is 25.2 Å². The first-order valence-electron chi connectivity index (χ1n) is 10.5. The Kier molecular flexibility index (Phi) is 8.02. The van der Waals surface area contributed by atoms with Crippen LogP contribution in [0.4, 0.5) is 19.0 Å². The number of carbonyl (C=O) groups is 2. The minimum absolute atomic E-state index is 0.144. The predicted octanol–water partition coefficient (Wildman–Crippen LogP) is 1.63. The van der Waals surface area contributed by atoms with Crippen molar-refractivity contribution in [3.05, 3.63) is 37.3 Å². The van der Waals surface area contributed by atoms with Crippen molar-refractivity contribution in [2.24, 2.45) is 5.16 Å². The lowest BCUT2D eigenvalue weighted by atomic mass is 9.88. The summed E-state index contributed by atoms with van der Waals surface area (Å²) < 4.78 is 33.7. The van der Waals surface area contributed by atoms with Crippen LogP contribution in [0.5, 0.6) is 0 Å². The summed E-state index contributed by atoms with van der Waals surface area (Å²) >= 11 is 0. The number of amides is 1. The Hall–Kier alpha value is -3.71. The van der Waals surface area contributed by atoms with Gasteiger partial charge in [-0.2, -0.15) is 13.2 Å². The number of nitrogens with zero attached hydrogens (tertiary/aromatic N) is 6. The molecule has 1 atom stereocenters. The van der Waals surface area contributed by atoms with E-state index >= 15 is 0 Å². The Bertz CT molecular complexity index is 986. The van der Waals surface area contributed by atoms with Gasteiger partial charge >= 0.3 is 12.1 Å². The van der Waals surface area contributed by atoms with Gasteiger partial charge in [-0.05, 0) is 19.3 Å². The summed E-state index contributed by atoms with van der Waals surface area (Å²) in [7, 11) is 0. The van der Waals surface area contributed by atoms with Crippen LogP contribution in [0, 0.1) is 0 Å². The topological polar surface area (TPSA) is 135 Å². The maximum atomic E-state index is 12.4. The molecule has 4 rings (SSSR count). The number of aryl methyl sites for hydroxylation is 1. The third-order valence-corrected chi connectivity index (χ3v) is 5.19. The summed E-state index contributed by atoms with van der Waals surface area (Å²) in [5.41, 5.74) is 0.0258. The molecule has 1 spiro atoms. The molecule has 1 amide bonds. The highest BCUT2D eigenvalue weighted by molar-refractivity contribution is 6.39. The van der Waals surface area contributed by atoms with E-state index in [-0.39, 0.29) is 5.91 Å². The molecular weight excluding hydrogens is 459 g/mol. The summed E-state index contributed by atoms with van der Waals surface area (Å²) in [4.78, 5) is 41.7. The Labute approximate surface area is 192 Å². The fourth-order valence-corrected chi connectivity index (χ4v) is 3.59. The molecule has 14 heteroatoms. The predicted molar refractivity (Wildman–Crippen MR) is 113 cm³/mol. The van der Waals surface area contributed by atoms with E-state index in [1.165, 1.54) is 0 Å². The van der Waals surface area contributed by atoms with Crippen molar-refractivity contribution < 1.29 is 32.7 Å². The number of nitrogens with one attached hydrogen (secondary N) is 1. The maximum Gasteiger partial charge on any atom is 0.490 e. The van der Waals surface area contributed by atoms with E-state index in [9.17, 15) is 18.0 Å². The Morgan fingerprint density at radius 2 is 2.03 bits per heavy atom. The van der Waals surface area contributed by atoms with Crippen LogP contribution in [0.25, 0.3) is 0 Å². The molecule has 0 bridgehead atoms. The van der Waals surface area contributed by atoms with Crippen molar-refractivity contribution in [3.63, 3.8) is 0 Å². The number of carbonyl (C=O) groups excluding carboxylic acids is 1. The average Bonchev–Trinajstić information content (AvgIpc) is 3.48. The second-order valence-electron chi connectivity index (χ2n) is 7.79. The lowest BCUT2D eigenvalue weighted by Crippen LogP contribution is -2.49. The normalized spacial score (nSPS) is 19.6. The summed E-state index contributed by atoms with van der Waals surface area (Å²) in [6.45, 7) is 2.97. The van der Waals surface area contributed by atoms with Crippen LogP contribution < -0.4 is 10.2 Å². The maximum absolute atomic E-state index is 12.4. The van der Waals surface area contributed by atoms with Crippen molar-refractivity contribution in [1.82, 2.24) is 24.8 Å². The molecule has 34 heavy (non-hydrogen) atoms. The van der Waals surface area contributed by atoms with Crippen molar-refractivity contribution in [3.8, 4) is 0 Å². The first-order chi connectivity index (χ1) is 16.2. The monoisotopic (exact) mass is 483 g/mol. The fourth-order valence-electron chi connectivity index (χ4n) is 3.59. The van der Waals surface area contributed by atoms with Crippen LogP contribution in [-0.2, 0) is 21.0 Å². The number of oxime groups is 1. The Balaban J connectivity index is 0.000000406. The average molecular weight is 483 g/mol. The van der Waals surface area contributed by atoms with Gasteiger partial charge in [0.2, 0.25) is 0 Å². The zero-order valence-corrected chi connectivity index (χ0v) is 18.1. The molecule has 2 aliphatic rings. The Morgan fingerprint density at radius 1 is 1.24 bits per heavy atom. The fraction of sp³-hybridized carbons (Fsp3) is 0.500. The first kappa shape index (κ1) is 24.9. The number of anilines is 1. The number of carboxylic acids is 1. The van der Waals surface area contributed by atoms with Crippen molar-refractivity contribution in [1.29, 1.82) is 0 Å². The van der Waals surface area contributed by atoms with Gasteiger partial charge in [0.1, 0.15) is 11.5 Å². The van der Waals surface area contributed by atoms with Gasteiger partial charge in [0.25, 0.3) is 5.91 Å². The standard InChI is InChI=1S/C18H23N7O2.C2HF3O2/c26-17(22-4-2-8-24-10-7-20-14-24)15-11-18(27-23-15)3-1-9-25(13-18)16-12-19-5-6-21-16;3-2(4,5)1(6)7/h5-7,10,12,14H,1-4,8-9,11,13H2,(H,22,26);(H,6,7). The number of alkyl halides is 3. The Morgan fingerprint density at radius 3 is 2.68 bits per heavy atom. The molecule has 1 unspecified atom stereocenters. The smallest absolute Gasteiger partial charge is 0.475 e. The summed E-state index contributed by atoms with van der Waals surface area (Å²) in [6.07, 6.45) is 8.65. The van der Waals surface area contributed by atoms with E-state index in [2.05, 4.69) is 30.3 Å². The molecule has 2 aliphatic heterocycles. The molecular formula is C20H24F3N7O4. The molecule has 1 saturated heterocycles. The van der Waals surface area contributed by atoms with Gasteiger partial charge < -0.3 is 24.7 Å².